The topological polar surface area (TPSA) is 79.8 Å². The van der Waals surface area contributed by atoms with Crippen LogP contribution in [0.15, 0.2) is 77.9 Å². The van der Waals surface area contributed by atoms with E-state index in [4.69, 9.17) is 16.3 Å². The lowest BCUT2D eigenvalue weighted by molar-refractivity contribution is -0.139. The number of benzene rings is 3. The van der Waals surface area contributed by atoms with Crippen LogP contribution in [0.3, 0.4) is 0 Å². The van der Waals surface area contributed by atoms with Gasteiger partial charge in [0.2, 0.25) is 0 Å². The maximum absolute atomic E-state index is 11.9. The number of rotatable bonds is 7. The summed E-state index contributed by atoms with van der Waals surface area (Å²) < 4.78 is 5.76. The van der Waals surface area contributed by atoms with Gasteiger partial charge in [-0.25, -0.2) is 5.43 Å². The summed E-state index contributed by atoms with van der Waals surface area (Å²) in [5.74, 6) is -0.963. The second-order valence-electron chi connectivity index (χ2n) is 6.82. The quantitative estimate of drug-likeness (QED) is 0.334. The Morgan fingerprint density at radius 2 is 1.77 bits per heavy atom. The van der Waals surface area contributed by atoms with Crippen molar-refractivity contribution in [2.75, 3.05) is 0 Å². The summed E-state index contributed by atoms with van der Waals surface area (Å²) in [5, 5.41) is 7.04. The van der Waals surface area contributed by atoms with Crippen LogP contribution in [0.2, 0.25) is 5.02 Å². The highest BCUT2D eigenvalue weighted by molar-refractivity contribution is 6.35. The summed E-state index contributed by atoms with van der Waals surface area (Å²) in [5.41, 5.74) is 5.84. The summed E-state index contributed by atoms with van der Waals surface area (Å²) >= 11 is 6.13. The van der Waals surface area contributed by atoms with Gasteiger partial charge in [-0.2, -0.15) is 5.10 Å². The van der Waals surface area contributed by atoms with Crippen molar-refractivity contribution in [2.45, 2.75) is 20.1 Å². The van der Waals surface area contributed by atoms with Crippen molar-refractivity contribution in [3.8, 4) is 5.75 Å². The number of nitrogens with one attached hydrogen (secondary N) is 2. The van der Waals surface area contributed by atoms with Gasteiger partial charge in [0.1, 0.15) is 12.4 Å². The fraction of sp³-hybridized carbons (Fsp3) is 0.125. The predicted molar refractivity (Wildman–Crippen MR) is 121 cm³/mol. The fourth-order valence-corrected chi connectivity index (χ4v) is 2.84. The van der Waals surface area contributed by atoms with Crippen LogP contribution in [0.4, 0.5) is 0 Å². The summed E-state index contributed by atoms with van der Waals surface area (Å²) in [6.45, 7) is 2.58. The normalized spacial score (nSPS) is 10.6. The standard InChI is InChI=1S/C24H22ClN3O3/c1-17-9-11-18(12-10-17)14-26-23(29)24(30)28-27-15-19-5-4-7-21(13-19)31-16-20-6-2-3-8-22(20)25/h2-13,15H,14,16H2,1H3,(H,26,29)(H,28,30)/b27-15-. The van der Waals surface area contributed by atoms with Crippen LogP contribution in [0.5, 0.6) is 5.75 Å². The zero-order chi connectivity index (χ0) is 22.1. The molecular weight excluding hydrogens is 414 g/mol. The number of carbonyl (C=O) groups excluding carboxylic acids is 2. The number of halogens is 1. The van der Waals surface area contributed by atoms with Gasteiger partial charge in [0.05, 0.1) is 6.21 Å². The van der Waals surface area contributed by atoms with Crippen LogP contribution in [-0.2, 0) is 22.7 Å². The Morgan fingerprint density at radius 3 is 2.55 bits per heavy atom. The van der Waals surface area contributed by atoms with Crippen LogP contribution in [0, 0.1) is 6.92 Å². The highest BCUT2D eigenvalue weighted by atomic mass is 35.5. The van der Waals surface area contributed by atoms with Crippen LogP contribution in [0.25, 0.3) is 0 Å². The Balaban J connectivity index is 1.48. The van der Waals surface area contributed by atoms with Crippen molar-refractivity contribution in [3.63, 3.8) is 0 Å². The Bertz CT molecular complexity index is 1080. The van der Waals surface area contributed by atoms with Crippen molar-refractivity contribution >= 4 is 29.6 Å². The van der Waals surface area contributed by atoms with Crippen LogP contribution in [-0.4, -0.2) is 18.0 Å². The third-order valence-electron chi connectivity index (χ3n) is 4.37. The van der Waals surface area contributed by atoms with E-state index in [1.165, 1.54) is 6.21 Å². The lowest BCUT2D eigenvalue weighted by atomic mass is 10.1. The van der Waals surface area contributed by atoms with E-state index in [9.17, 15) is 9.59 Å². The first-order chi connectivity index (χ1) is 15.0. The number of hydrogen-bond acceptors (Lipinski definition) is 4. The SMILES string of the molecule is Cc1ccc(CNC(=O)C(=O)N/N=C\c2cccc(OCc3ccccc3Cl)c2)cc1. The van der Waals surface area contributed by atoms with E-state index < -0.39 is 11.8 Å². The molecule has 6 nitrogen and oxygen atoms in total. The van der Waals surface area contributed by atoms with E-state index in [0.29, 0.717) is 22.9 Å². The minimum Gasteiger partial charge on any atom is -0.489 e. The molecule has 0 saturated heterocycles. The van der Waals surface area contributed by atoms with E-state index in [1.54, 1.807) is 18.2 Å². The fourth-order valence-electron chi connectivity index (χ4n) is 2.65. The number of ether oxygens (including phenoxy) is 1. The number of amides is 2. The molecule has 7 heteroatoms. The highest BCUT2D eigenvalue weighted by Crippen LogP contribution is 2.19. The molecule has 0 fully saturated rings. The molecule has 3 aromatic carbocycles. The maximum atomic E-state index is 11.9. The highest BCUT2D eigenvalue weighted by Gasteiger charge is 2.11. The Morgan fingerprint density at radius 1 is 1.00 bits per heavy atom. The molecule has 2 N–H and O–H groups in total. The number of nitrogens with zero attached hydrogens (tertiary/aromatic N) is 1. The molecule has 3 aromatic rings. The molecular formula is C24H22ClN3O3. The lowest BCUT2D eigenvalue weighted by Crippen LogP contribution is -2.37. The van der Waals surface area contributed by atoms with Crippen molar-refractivity contribution in [2.24, 2.45) is 5.10 Å². The summed E-state index contributed by atoms with van der Waals surface area (Å²) in [6.07, 6.45) is 1.44. The number of aryl methyl sites for hydroxylation is 1. The minimum atomic E-state index is -0.838. The van der Waals surface area contributed by atoms with E-state index in [0.717, 1.165) is 16.7 Å². The molecule has 3 rings (SSSR count). The zero-order valence-corrected chi connectivity index (χ0v) is 17.7. The molecule has 0 atom stereocenters. The second-order valence-corrected chi connectivity index (χ2v) is 7.23. The third kappa shape index (κ3) is 6.97. The van der Waals surface area contributed by atoms with Crippen molar-refractivity contribution < 1.29 is 14.3 Å². The molecule has 0 bridgehead atoms. The third-order valence-corrected chi connectivity index (χ3v) is 4.74. The lowest BCUT2D eigenvalue weighted by Gasteiger charge is -2.08. The van der Waals surface area contributed by atoms with Crippen molar-refractivity contribution in [3.05, 3.63) is 100 Å². The summed E-state index contributed by atoms with van der Waals surface area (Å²) in [7, 11) is 0. The Kier molecular flexibility index (Phi) is 7.79. The Labute approximate surface area is 185 Å². The van der Waals surface area contributed by atoms with Crippen LogP contribution in [0.1, 0.15) is 22.3 Å². The monoisotopic (exact) mass is 435 g/mol. The van der Waals surface area contributed by atoms with Gasteiger partial charge in [0.15, 0.2) is 0 Å². The van der Waals surface area contributed by atoms with Gasteiger partial charge in [-0.15, -0.1) is 0 Å². The average molecular weight is 436 g/mol. The number of carbonyl (C=O) groups is 2. The number of hydrogen-bond donors (Lipinski definition) is 2. The Hall–Kier alpha value is -3.64. The molecule has 0 aliphatic heterocycles. The molecule has 2 amide bonds. The van der Waals surface area contributed by atoms with Gasteiger partial charge in [0, 0.05) is 17.1 Å². The van der Waals surface area contributed by atoms with E-state index in [1.807, 2.05) is 61.5 Å². The molecule has 0 aromatic heterocycles. The molecule has 0 radical (unpaired) electrons. The van der Waals surface area contributed by atoms with Crippen LogP contribution < -0.4 is 15.5 Å². The van der Waals surface area contributed by atoms with Gasteiger partial charge in [-0.1, -0.05) is 71.8 Å². The van der Waals surface area contributed by atoms with Crippen molar-refractivity contribution in [1.82, 2.24) is 10.7 Å². The summed E-state index contributed by atoms with van der Waals surface area (Å²) in [4.78, 5) is 23.8. The minimum absolute atomic E-state index is 0.265. The number of hydrazone groups is 1. The predicted octanol–water partition coefficient (Wildman–Crippen LogP) is 3.99. The summed E-state index contributed by atoms with van der Waals surface area (Å²) in [6, 6.07) is 22.3. The van der Waals surface area contributed by atoms with E-state index in [-0.39, 0.29) is 6.54 Å². The molecule has 158 valence electrons. The first-order valence-electron chi connectivity index (χ1n) is 9.64. The van der Waals surface area contributed by atoms with Gasteiger partial charge >= 0.3 is 11.8 Å². The maximum Gasteiger partial charge on any atom is 0.329 e. The molecule has 0 unspecified atom stereocenters. The van der Waals surface area contributed by atoms with Gasteiger partial charge in [-0.05, 0) is 36.2 Å². The van der Waals surface area contributed by atoms with E-state index in [2.05, 4.69) is 15.8 Å². The first-order valence-corrected chi connectivity index (χ1v) is 10.0. The first kappa shape index (κ1) is 22.1. The smallest absolute Gasteiger partial charge is 0.329 e. The second kappa shape index (κ2) is 10.9. The van der Waals surface area contributed by atoms with Gasteiger partial charge < -0.3 is 10.1 Å². The molecule has 0 saturated carbocycles. The zero-order valence-electron chi connectivity index (χ0n) is 17.0. The average Bonchev–Trinajstić information content (AvgIpc) is 2.78. The molecule has 0 aliphatic rings. The molecule has 0 aliphatic carbocycles. The van der Waals surface area contributed by atoms with Crippen LogP contribution >= 0.6 is 11.6 Å². The van der Waals surface area contributed by atoms with Gasteiger partial charge in [0.25, 0.3) is 0 Å². The van der Waals surface area contributed by atoms with Gasteiger partial charge in [-0.3, -0.25) is 9.59 Å². The molecule has 31 heavy (non-hydrogen) atoms. The molecule has 0 heterocycles. The largest absolute Gasteiger partial charge is 0.489 e. The van der Waals surface area contributed by atoms with Crippen molar-refractivity contribution in [1.29, 1.82) is 0 Å². The molecule has 0 spiro atoms. The van der Waals surface area contributed by atoms with E-state index >= 15 is 0 Å².